The van der Waals surface area contributed by atoms with E-state index >= 15 is 0 Å². The van der Waals surface area contributed by atoms with Crippen LogP contribution >= 0.6 is 0 Å². The summed E-state index contributed by atoms with van der Waals surface area (Å²) in [7, 11) is 4.08. The molecule has 1 unspecified atom stereocenters. The molecule has 2 aliphatic heterocycles. The third kappa shape index (κ3) is 1.94. The Kier molecular flexibility index (Phi) is 3.67. The van der Waals surface area contributed by atoms with Crippen LogP contribution in [0.2, 0.25) is 0 Å². The Morgan fingerprint density at radius 2 is 1.90 bits per heavy atom. The highest BCUT2D eigenvalue weighted by Gasteiger charge is 2.82. The number of likely N-dealkylation sites (tertiary alicyclic amines) is 1. The Bertz CT molecular complexity index is 967. The maximum atomic E-state index is 12.0. The molecule has 1 aromatic carbocycles. The lowest BCUT2D eigenvalue weighted by molar-refractivity contribution is -0.311. The number of nitrogens with zero attached hydrogens (tertiary/aromatic N) is 1. The molecule has 3 saturated carbocycles. The van der Waals surface area contributed by atoms with Crippen molar-refractivity contribution in [3.05, 3.63) is 23.3 Å². The molecule has 0 radical (unpaired) electrons. The second kappa shape index (κ2) is 5.60. The molecule has 2 heterocycles. The number of likely N-dealkylation sites (N-methyl/N-ethyl adjacent to an activating group) is 1. The molecule has 170 valence electrons. The van der Waals surface area contributed by atoms with Crippen molar-refractivity contribution in [3.63, 3.8) is 0 Å². The van der Waals surface area contributed by atoms with Crippen LogP contribution in [-0.2, 0) is 16.6 Å². The van der Waals surface area contributed by atoms with E-state index in [1.165, 1.54) is 11.1 Å². The van der Waals surface area contributed by atoms with Gasteiger partial charge in [0.1, 0.15) is 11.7 Å². The van der Waals surface area contributed by atoms with Crippen LogP contribution < -0.4 is 4.74 Å². The van der Waals surface area contributed by atoms with Crippen molar-refractivity contribution in [2.75, 3.05) is 20.7 Å². The lowest BCUT2D eigenvalue weighted by Gasteiger charge is -2.75. The normalized spacial score (nSPS) is 44.5. The van der Waals surface area contributed by atoms with E-state index in [1.807, 2.05) is 14.0 Å². The minimum Gasteiger partial charge on any atom is -0.504 e. The Balaban J connectivity index is 1.66. The van der Waals surface area contributed by atoms with Gasteiger partial charge in [0, 0.05) is 35.5 Å². The SMILES string of the molecule is CO[C@]12CCC3(C[C@@H]1[C@](C)(O)C(C)(C)C)[C@H]1Cc4ccc(O)c5c4[C@@]3(CCN1C)[C@H]2O5. The van der Waals surface area contributed by atoms with E-state index in [0.29, 0.717) is 11.8 Å². The second-order valence-electron chi connectivity index (χ2n) is 12.3. The molecule has 4 bridgehead atoms. The highest BCUT2D eigenvalue weighted by Crippen LogP contribution is 2.77. The number of hydrogen-bond acceptors (Lipinski definition) is 5. The van der Waals surface area contributed by atoms with Crippen molar-refractivity contribution in [2.24, 2.45) is 16.7 Å². The van der Waals surface area contributed by atoms with E-state index in [4.69, 9.17) is 9.47 Å². The number of hydrogen-bond donors (Lipinski definition) is 2. The molecule has 1 aromatic rings. The van der Waals surface area contributed by atoms with Gasteiger partial charge in [0.15, 0.2) is 11.5 Å². The summed E-state index contributed by atoms with van der Waals surface area (Å²) >= 11 is 0. The third-order valence-corrected chi connectivity index (χ3v) is 10.8. The van der Waals surface area contributed by atoms with Crippen LogP contribution in [-0.4, -0.2) is 59.2 Å². The number of phenolic OH excluding ortho intramolecular Hbond substituents is 1. The lowest BCUT2D eigenvalue weighted by Crippen LogP contribution is -2.83. The van der Waals surface area contributed by atoms with Crippen LogP contribution in [0.4, 0.5) is 0 Å². The first-order valence-corrected chi connectivity index (χ1v) is 12.0. The average Bonchev–Trinajstić information content (AvgIpc) is 3.08. The molecule has 1 saturated heterocycles. The molecule has 5 nitrogen and oxygen atoms in total. The number of fused-ring (bicyclic) bond motifs is 2. The van der Waals surface area contributed by atoms with Gasteiger partial charge in [0.2, 0.25) is 0 Å². The standard InChI is InChI=1S/C26H37NO4/c1-22(2,3)23(4,29)17-14-24-9-10-26(17,30-6)21-25(24)11-12-27(5)18(24)13-15-7-8-16(28)20(31-21)19(15)25/h7-8,17-18,21,28-29H,9-14H2,1-6H3/t17-,18-,21-,23+,24?,25+,26-/m1/s1. The molecule has 0 aromatic heterocycles. The van der Waals surface area contributed by atoms with E-state index in [-0.39, 0.29) is 34.0 Å². The molecule has 7 atom stereocenters. The van der Waals surface area contributed by atoms with Gasteiger partial charge in [-0.15, -0.1) is 0 Å². The van der Waals surface area contributed by atoms with Crippen LogP contribution in [0.3, 0.4) is 0 Å². The molecule has 4 aliphatic carbocycles. The first-order chi connectivity index (χ1) is 14.5. The van der Waals surface area contributed by atoms with Gasteiger partial charge >= 0.3 is 0 Å². The summed E-state index contributed by atoms with van der Waals surface area (Å²) in [5.74, 6) is 0.901. The topological polar surface area (TPSA) is 62.2 Å². The van der Waals surface area contributed by atoms with Crippen LogP contribution in [0.25, 0.3) is 0 Å². The summed E-state index contributed by atoms with van der Waals surface area (Å²) in [5.41, 5.74) is 0.692. The fraction of sp³-hybridized carbons (Fsp3) is 0.769. The van der Waals surface area contributed by atoms with Crippen molar-refractivity contribution in [2.45, 2.75) is 88.6 Å². The van der Waals surface area contributed by atoms with Crippen LogP contribution in [0.1, 0.15) is 64.5 Å². The third-order valence-electron chi connectivity index (χ3n) is 10.8. The number of benzene rings is 1. The Morgan fingerprint density at radius 1 is 1.16 bits per heavy atom. The maximum absolute atomic E-state index is 12.0. The van der Waals surface area contributed by atoms with Gasteiger partial charge in [0.25, 0.3) is 0 Å². The zero-order valence-corrected chi connectivity index (χ0v) is 19.8. The Labute approximate surface area is 185 Å². The molecule has 2 N–H and O–H groups in total. The van der Waals surface area contributed by atoms with E-state index in [2.05, 4.69) is 38.8 Å². The largest absolute Gasteiger partial charge is 0.504 e. The van der Waals surface area contributed by atoms with Gasteiger partial charge in [-0.05, 0) is 69.7 Å². The molecule has 2 spiro atoms. The van der Waals surface area contributed by atoms with Crippen LogP contribution in [0, 0.1) is 16.7 Å². The lowest BCUT2D eigenvalue weighted by atomic mass is 9.33. The number of aromatic hydroxyl groups is 1. The molecule has 31 heavy (non-hydrogen) atoms. The van der Waals surface area contributed by atoms with Gasteiger partial charge in [0.05, 0.1) is 5.60 Å². The fourth-order valence-corrected chi connectivity index (χ4v) is 8.86. The predicted octanol–water partition coefficient (Wildman–Crippen LogP) is 3.63. The number of methoxy groups -OCH3 is 1. The van der Waals surface area contributed by atoms with Crippen molar-refractivity contribution < 1.29 is 19.7 Å². The Hall–Kier alpha value is -1.30. The summed E-state index contributed by atoms with van der Waals surface area (Å²) in [6.45, 7) is 9.44. The Morgan fingerprint density at radius 3 is 2.58 bits per heavy atom. The molecule has 4 fully saturated rings. The van der Waals surface area contributed by atoms with E-state index in [0.717, 1.165) is 38.6 Å². The van der Waals surface area contributed by atoms with E-state index < -0.39 is 11.2 Å². The molecule has 5 heteroatoms. The highest BCUT2D eigenvalue weighted by molar-refractivity contribution is 5.63. The van der Waals surface area contributed by atoms with Crippen molar-refractivity contribution in [1.29, 1.82) is 0 Å². The average molecular weight is 428 g/mol. The molecule has 7 rings (SSSR count). The minimum atomic E-state index is -0.911. The van der Waals surface area contributed by atoms with Crippen LogP contribution in [0.5, 0.6) is 11.5 Å². The molecular formula is C26H37NO4. The van der Waals surface area contributed by atoms with Crippen molar-refractivity contribution >= 4 is 0 Å². The number of aliphatic hydroxyl groups is 1. The van der Waals surface area contributed by atoms with E-state index in [1.54, 1.807) is 6.07 Å². The molecule has 0 amide bonds. The van der Waals surface area contributed by atoms with Gasteiger partial charge in [-0.25, -0.2) is 0 Å². The fourth-order valence-electron chi connectivity index (χ4n) is 8.86. The first kappa shape index (κ1) is 20.3. The number of piperidine rings is 1. The molecule has 6 aliphatic rings. The zero-order chi connectivity index (χ0) is 22.2. The number of phenols is 1. The van der Waals surface area contributed by atoms with Gasteiger partial charge in [-0.2, -0.15) is 0 Å². The summed E-state index contributed by atoms with van der Waals surface area (Å²) < 4.78 is 13.3. The molecular weight excluding hydrogens is 390 g/mol. The maximum Gasteiger partial charge on any atom is 0.165 e. The van der Waals surface area contributed by atoms with Gasteiger partial charge < -0.3 is 24.6 Å². The van der Waals surface area contributed by atoms with Crippen molar-refractivity contribution in [1.82, 2.24) is 4.90 Å². The highest BCUT2D eigenvalue weighted by atomic mass is 16.6. The second-order valence-corrected chi connectivity index (χ2v) is 12.3. The smallest absolute Gasteiger partial charge is 0.165 e. The minimum absolute atomic E-state index is 0.0247. The monoisotopic (exact) mass is 427 g/mol. The zero-order valence-electron chi connectivity index (χ0n) is 19.8. The summed E-state index contributed by atoms with van der Waals surface area (Å²) in [5, 5.41) is 22.9. The quantitative estimate of drug-likeness (QED) is 0.755. The van der Waals surface area contributed by atoms with Crippen molar-refractivity contribution in [3.8, 4) is 11.5 Å². The van der Waals surface area contributed by atoms with E-state index in [9.17, 15) is 10.2 Å². The van der Waals surface area contributed by atoms with Gasteiger partial charge in [-0.1, -0.05) is 26.8 Å². The summed E-state index contributed by atoms with van der Waals surface area (Å²) in [6.07, 6.45) is 4.74. The summed E-state index contributed by atoms with van der Waals surface area (Å²) in [4.78, 5) is 2.56. The predicted molar refractivity (Wildman–Crippen MR) is 119 cm³/mol. The van der Waals surface area contributed by atoms with Gasteiger partial charge in [-0.3, -0.25) is 0 Å². The number of ether oxygens (including phenoxy) is 2. The van der Waals surface area contributed by atoms with Crippen LogP contribution in [0.15, 0.2) is 12.1 Å². The number of rotatable bonds is 2. The first-order valence-electron chi connectivity index (χ1n) is 12.0. The summed E-state index contributed by atoms with van der Waals surface area (Å²) in [6, 6.07) is 4.34.